The minimum Gasteiger partial charge on any atom is -0.348 e. The van der Waals surface area contributed by atoms with Crippen LogP contribution in [0.25, 0.3) is 22.5 Å². The molecule has 6 aromatic carbocycles. The van der Waals surface area contributed by atoms with Gasteiger partial charge < -0.3 is 31.1 Å². The first-order valence-electron chi connectivity index (χ1n) is 26.5. The third-order valence-corrected chi connectivity index (χ3v) is 14.6. The highest BCUT2D eigenvalue weighted by Gasteiger charge is 2.37. The Hall–Kier alpha value is -9.61. The zero-order valence-electron chi connectivity index (χ0n) is 46.6. The van der Waals surface area contributed by atoms with Gasteiger partial charge >= 0.3 is 12.1 Å². The molecule has 0 fully saturated rings. The third-order valence-electron chi connectivity index (χ3n) is 13.8. The lowest BCUT2D eigenvalue weighted by atomic mass is 9.97. The molecule has 4 heterocycles. The van der Waals surface area contributed by atoms with Crippen LogP contribution in [0.5, 0.6) is 0 Å². The molecule has 2 aliphatic heterocycles. The van der Waals surface area contributed by atoms with E-state index in [-0.39, 0.29) is 59.3 Å². The first kappa shape index (κ1) is 59.0. The Morgan fingerprint density at radius 2 is 1.00 bits per heavy atom. The first-order chi connectivity index (χ1) is 40.2. The van der Waals surface area contributed by atoms with Crippen LogP contribution in [0.1, 0.15) is 60.5 Å². The van der Waals surface area contributed by atoms with Crippen molar-refractivity contribution in [3.8, 4) is 22.5 Å². The van der Waals surface area contributed by atoms with E-state index in [0.717, 1.165) is 71.1 Å². The second kappa shape index (κ2) is 25.3. The summed E-state index contributed by atoms with van der Waals surface area (Å²) in [4.78, 5) is 75.7. The molecule has 18 nitrogen and oxygen atoms in total. The number of hydrogen-bond donors (Lipinski definition) is 4. The van der Waals surface area contributed by atoms with Crippen LogP contribution in [0, 0.1) is 37.1 Å². The fourth-order valence-corrected chi connectivity index (χ4v) is 9.92. The molecule has 0 aliphatic carbocycles. The Labute approximate surface area is 482 Å². The zero-order valence-corrected chi connectivity index (χ0v) is 47.4. The number of carbonyl (C=O) groups excluding carboxylic acids is 4. The van der Waals surface area contributed by atoms with Crippen LogP contribution in [-0.2, 0) is 36.0 Å². The number of hydrogen-bond acceptors (Lipinski definition) is 12. The summed E-state index contributed by atoms with van der Waals surface area (Å²) in [5, 5.41) is 10.4. The van der Waals surface area contributed by atoms with Crippen LogP contribution in [-0.4, -0.2) is 97.6 Å². The van der Waals surface area contributed by atoms with Gasteiger partial charge in [-0.1, -0.05) is 84.9 Å². The van der Waals surface area contributed by atoms with Gasteiger partial charge in [0, 0.05) is 66.3 Å². The topological polar surface area (TPSA) is 215 Å². The number of carbonyl (C=O) groups is 4. The fourth-order valence-electron chi connectivity index (χ4n) is 9.41. The molecule has 23 heteroatoms. The third kappa shape index (κ3) is 13.0. The number of aromatic nitrogens is 4. The van der Waals surface area contributed by atoms with E-state index in [2.05, 4.69) is 36.1 Å². The van der Waals surface area contributed by atoms with Crippen molar-refractivity contribution in [2.24, 2.45) is 0 Å². The van der Waals surface area contributed by atoms with Crippen molar-refractivity contribution < 1.29 is 45.2 Å². The smallest absolute Gasteiger partial charge is 0.328 e. The minimum atomic E-state index is -4.04. The van der Waals surface area contributed by atoms with Crippen LogP contribution in [0.15, 0.2) is 139 Å². The van der Waals surface area contributed by atoms with Gasteiger partial charge in [-0.15, -0.1) is 0 Å². The average molecular weight is 1160 g/mol. The number of aryl methyl sites for hydroxylation is 2. The molecule has 0 atom stereocenters. The number of fused-ring (bicyclic) bond motifs is 2. The number of para-hydroxylation sites is 2. The molecule has 0 saturated carbocycles. The van der Waals surface area contributed by atoms with Gasteiger partial charge in [-0.25, -0.2) is 55.3 Å². The van der Waals surface area contributed by atoms with E-state index in [1.54, 1.807) is 37.3 Å². The molecule has 432 valence electrons. The quantitative estimate of drug-likeness (QED) is 0.0526. The monoisotopic (exact) mass is 1160 g/mol. The maximum Gasteiger partial charge on any atom is 0.328 e. The van der Waals surface area contributed by atoms with Gasteiger partial charge in [-0.2, -0.15) is 9.97 Å². The maximum absolute atomic E-state index is 15.1. The number of amides is 6. The van der Waals surface area contributed by atoms with Crippen LogP contribution in [0.3, 0.4) is 0 Å². The van der Waals surface area contributed by atoms with Gasteiger partial charge in [-0.3, -0.25) is 9.59 Å². The number of rotatable bonds is 16. The molecule has 0 unspecified atom stereocenters. The standard InChI is InChI=1S/C33H35F2N7O2.C28H23F2N5O4S/c1-21-14-15-23(31(43)36-19-22-10-6-5-7-11-22)18-24(21)28-25-20-37-33(44)42(29-26(34)12-8-13-27(29)35)30(25)39-32(38-28)41(4)17-9-16-40(2)3;1-16-11-12-18(26(36)31-14-17-7-4-3-5-8-17)13-19(16)23-20-15-32-28(37)35(24-21(29)9-6-10-22(24)30)25(20)34-27(33-23)40(2,38)39/h5-8,10-15,18H,9,16-17,19-20H2,1-4H3,(H,36,43)(H,37,44);3-13H,14-15H2,1-2H3,(H,31,36)(H,32,37). The molecule has 0 saturated heterocycles. The lowest BCUT2D eigenvalue weighted by Gasteiger charge is -2.32. The summed E-state index contributed by atoms with van der Waals surface area (Å²) >= 11 is 0. The molecule has 2 aliphatic rings. The van der Waals surface area contributed by atoms with Crippen LogP contribution in [0.4, 0.5) is 56.1 Å². The molecule has 84 heavy (non-hydrogen) atoms. The molecule has 6 amide bonds. The highest BCUT2D eigenvalue weighted by molar-refractivity contribution is 7.90. The van der Waals surface area contributed by atoms with E-state index in [4.69, 9.17) is 9.97 Å². The Morgan fingerprint density at radius 3 is 1.43 bits per heavy atom. The van der Waals surface area contributed by atoms with Crippen LogP contribution < -0.4 is 36.0 Å². The average Bonchev–Trinajstić information content (AvgIpc) is 2.16. The van der Waals surface area contributed by atoms with Gasteiger partial charge in [0.25, 0.3) is 11.8 Å². The van der Waals surface area contributed by atoms with E-state index >= 15 is 8.78 Å². The summed E-state index contributed by atoms with van der Waals surface area (Å²) in [6.45, 7) is 5.60. The van der Waals surface area contributed by atoms with Crippen molar-refractivity contribution >= 4 is 62.7 Å². The van der Waals surface area contributed by atoms with Crippen LogP contribution >= 0.6 is 0 Å². The zero-order chi connectivity index (χ0) is 60.0. The summed E-state index contributed by atoms with van der Waals surface area (Å²) in [5.74, 6) is -4.44. The molecule has 8 aromatic rings. The van der Waals surface area contributed by atoms with E-state index in [1.165, 1.54) is 6.07 Å². The molecule has 0 spiro atoms. The normalized spacial score (nSPS) is 12.8. The van der Waals surface area contributed by atoms with Gasteiger partial charge in [-0.05, 0) is 112 Å². The first-order valence-corrected chi connectivity index (χ1v) is 28.4. The minimum absolute atomic E-state index is 0.0323. The number of nitrogens with zero attached hydrogens (tertiary/aromatic N) is 8. The highest BCUT2D eigenvalue weighted by atomic mass is 32.2. The SMILES string of the molecule is Cc1ccc(C(=O)NCc2ccccc2)cc1-c1nc(N(C)CCCN(C)C)nc2c1CNC(=O)N2c1c(F)cccc1F.Cc1ccc(C(=O)NCc2ccccc2)cc1-c1nc(S(C)(=O)=O)nc2c1CNC(=O)N2c1c(F)cccc1F. The van der Waals surface area contributed by atoms with E-state index in [9.17, 15) is 36.4 Å². The Bertz CT molecular complexity index is 3910. The van der Waals surface area contributed by atoms with Gasteiger partial charge in [0.2, 0.25) is 20.9 Å². The van der Waals surface area contributed by atoms with Crippen molar-refractivity contribution in [1.29, 1.82) is 0 Å². The van der Waals surface area contributed by atoms with Crippen molar-refractivity contribution in [1.82, 2.24) is 46.1 Å². The summed E-state index contributed by atoms with van der Waals surface area (Å²) < 4.78 is 84.9. The summed E-state index contributed by atoms with van der Waals surface area (Å²) in [6, 6.07) is 34.0. The molecule has 2 aromatic heterocycles. The number of halogens is 4. The van der Waals surface area contributed by atoms with Crippen molar-refractivity contribution in [3.63, 3.8) is 0 Å². The molecule has 10 rings (SSSR count). The molecular formula is C61H58F4N12O6S. The Morgan fingerprint density at radius 1 is 0.571 bits per heavy atom. The highest BCUT2D eigenvalue weighted by Crippen LogP contribution is 2.41. The lowest BCUT2D eigenvalue weighted by molar-refractivity contribution is 0.0943. The summed E-state index contributed by atoms with van der Waals surface area (Å²) in [6.07, 6.45) is 1.69. The predicted octanol–water partition coefficient (Wildman–Crippen LogP) is 9.83. The molecule has 0 bridgehead atoms. The predicted molar refractivity (Wildman–Crippen MR) is 311 cm³/mol. The van der Waals surface area contributed by atoms with E-state index < -0.39 is 61.7 Å². The van der Waals surface area contributed by atoms with Crippen molar-refractivity contribution in [2.75, 3.05) is 55.2 Å². The second-order valence-corrected chi connectivity index (χ2v) is 22.1. The number of nitrogens with one attached hydrogen (secondary N) is 4. The summed E-state index contributed by atoms with van der Waals surface area (Å²) in [7, 11) is 1.77. The Kier molecular flexibility index (Phi) is 17.7. The fraction of sp³-hybridized carbons (Fsp3) is 0.213. The second-order valence-electron chi connectivity index (χ2n) is 20.2. The number of anilines is 5. The maximum atomic E-state index is 15.1. The Balaban J connectivity index is 0.000000202. The number of sulfone groups is 1. The number of urea groups is 2. The van der Waals surface area contributed by atoms with Gasteiger partial charge in [0.05, 0.1) is 24.5 Å². The van der Waals surface area contributed by atoms with Crippen LogP contribution in [0.2, 0.25) is 0 Å². The molecule has 0 radical (unpaired) electrons. The number of benzene rings is 6. The summed E-state index contributed by atoms with van der Waals surface area (Å²) in [5.41, 5.74) is 5.09. The molecular weight excluding hydrogens is 1100 g/mol. The van der Waals surface area contributed by atoms with Gasteiger partial charge in [0.1, 0.15) is 34.6 Å². The molecule has 4 N–H and O–H groups in total. The lowest BCUT2D eigenvalue weighted by Crippen LogP contribution is -2.43. The van der Waals surface area contributed by atoms with E-state index in [0.29, 0.717) is 58.0 Å². The largest absolute Gasteiger partial charge is 0.348 e. The van der Waals surface area contributed by atoms with E-state index in [1.807, 2.05) is 99.7 Å². The van der Waals surface area contributed by atoms with Crippen molar-refractivity contribution in [2.45, 2.75) is 51.6 Å². The van der Waals surface area contributed by atoms with Crippen molar-refractivity contribution in [3.05, 3.63) is 201 Å². The van der Waals surface area contributed by atoms with Gasteiger partial charge in [0.15, 0.2) is 11.6 Å².